The van der Waals surface area contributed by atoms with Crippen molar-refractivity contribution in [3.63, 3.8) is 0 Å². The third kappa shape index (κ3) is 6.49. The highest BCUT2D eigenvalue weighted by molar-refractivity contribution is 9.10. The molecule has 0 unspecified atom stereocenters. The summed E-state index contributed by atoms with van der Waals surface area (Å²) >= 11 is 3.44. The fourth-order valence-electron chi connectivity index (χ4n) is 3.04. The van der Waals surface area contributed by atoms with Crippen LogP contribution in [0.25, 0.3) is 0 Å². The van der Waals surface area contributed by atoms with Crippen LogP contribution < -0.4 is 20.1 Å². The number of aryl methyl sites for hydroxylation is 1. The highest BCUT2D eigenvalue weighted by Crippen LogP contribution is 2.29. The summed E-state index contributed by atoms with van der Waals surface area (Å²) in [7, 11) is 0. The van der Waals surface area contributed by atoms with E-state index in [9.17, 15) is 4.79 Å². The summed E-state index contributed by atoms with van der Waals surface area (Å²) in [5, 5.41) is 6.29. The lowest BCUT2D eigenvalue weighted by Crippen LogP contribution is -2.21. The number of carbonyl (C=O) groups is 1. The number of ether oxygens (including phenoxy) is 2. The summed E-state index contributed by atoms with van der Waals surface area (Å²) in [6.07, 6.45) is 0. The number of benzene rings is 3. The van der Waals surface area contributed by atoms with Crippen molar-refractivity contribution in [2.45, 2.75) is 27.3 Å². The van der Waals surface area contributed by atoms with Crippen LogP contribution in [0.4, 0.5) is 11.4 Å². The molecule has 0 bridgehead atoms. The first-order valence-electron chi connectivity index (χ1n) is 10.2. The van der Waals surface area contributed by atoms with E-state index in [4.69, 9.17) is 9.47 Å². The largest absolute Gasteiger partial charge is 0.490 e. The van der Waals surface area contributed by atoms with Crippen molar-refractivity contribution >= 4 is 33.2 Å². The first kappa shape index (κ1) is 22.7. The summed E-state index contributed by atoms with van der Waals surface area (Å²) in [5.41, 5.74) is 5.06. The standard InChI is InChI=1S/C25H27BrN2O3/c1-4-30-24-14-19(15-27-21-11-9-20(26)10-12-21)8-13-23(24)31-16-25(29)28-22-7-5-6-17(2)18(22)3/h5-14,27H,4,15-16H2,1-3H3,(H,28,29). The predicted molar refractivity (Wildman–Crippen MR) is 129 cm³/mol. The molecule has 0 aromatic heterocycles. The predicted octanol–water partition coefficient (Wildman–Crippen LogP) is 6.09. The van der Waals surface area contributed by atoms with Crippen molar-refractivity contribution in [2.75, 3.05) is 23.8 Å². The van der Waals surface area contributed by atoms with Gasteiger partial charge in [0.05, 0.1) is 6.61 Å². The van der Waals surface area contributed by atoms with Crippen molar-refractivity contribution in [3.05, 3.63) is 81.8 Å². The van der Waals surface area contributed by atoms with Gasteiger partial charge >= 0.3 is 0 Å². The van der Waals surface area contributed by atoms with Gasteiger partial charge in [0.15, 0.2) is 18.1 Å². The van der Waals surface area contributed by atoms with Crippen molar-refractivity contribution in [3.8, 4) is 11.5 Å². The minimum Gasteiger partial charge on any atom is -0.490 e. The van der Waals surface area contributed by atoms with E-state index in [0.29, 0.717) is 24.7 Å². The molecule has 0 aliphatic carbocycles. The Morgan fingerprint density at radius 2 is 1.74 bits per heavy atom. The zero-order valence-corrected chi connectivity index (χ0v) is 19.6. The number of amides is 1. The summed E-state index contributed by atoms with van der Waals surface area (Å²) in [4.78, 5) is 12.4. The Kier molecular flexibility index (Phi) is 7.95. The van der Waals surface area contributed by atoms with Gasteiger partial charge in [-0.1, -0.05) is 34.1 Å². The SMILES string of the molecule is CCOc1cc(CNc2ccc(Br)cc2)ccc1OCC(=O)Nc1cccc(C)c1C. The van der Waals surface area contributed by atoms with Gasteiger partial charge in [-0.3, -0.25) is 4.79 Å². The molecule has 0 aliphatic heterocycles. The molecule has 0 saturated carbocycles. The maximum atomic E-state index is 12.4. The molecule has 2 N–H and O–H groups in total. The summed E-state index contributed by atoms with van der Waals surface area (Å²) in [6, 6.07) is 19.6. The third-order valence-corrected chi connectivity index (χ3v) is 5.41. The van der Waals surface area contributed by atoms with Crippen LogP contribution in [0.1, 0.15) is 23.6 Å². The Hall–Kier alpha value is -2.99. The monoisotopic (exact) mass is 482 g/mol. The lowest BCUT2D eigenvalue weighted by molar-refractivity contribution is -0.118. The Morgan fingerprint density at radius 1 is 0.968 bits per heavy atom. The summed E-state index contributed by atoms with van der Waals surface area (Å²) in [6.45, 7) is 6.99. The molecule has 162 valence electrons. The van der Waals surface area contributed by atoms with Crippen LogP contribution >= 0.6 is 15.9 Å². The molecule has 0 heterocycles. The number of nitrogens with one attached hydrogen (secondary N) is 2. The molecule has 31 heavy (non-hydrogen) atoms. The lowest BCUT2D eigenvalue weighted by atomic mass is 10.1. The van der Waals surface area contributed by atoms with Gasteiger partial charge in [-0.15, -0.1) is 0 Å². The molecule has 0 saturated heterocycles. The minimum atomic E-state index is -0.211. The average Bonchev–Trinajstić information content (AvgIpc) is 2.76. The van der Waals surface area contributed by atoms with Crippen LogP contribution in [-0.2, 0) is 11.3 Å². The maximum absolute atomic E-state index is 12.4. The number of hydrogen-bond donors (Lipinski definition) is 2. The lowest BCUT2D eigenvalue weighted by Gasteiger charge is -2.15. The Balaban J connectivity index is 1.61. The van der Waals surface area contributed by atoms with Gasteiger partial charge in [0.25, 0.3) is 5.91 Å². The molecule has 3 aromatic rings. The average molecular weight is 483 g/mol. The second kappa shape index (κ2) is 10.9. The van der Waals surface area contributed by atoms with Gasteiger partial charge in [0, 0.05) is 22.4 Å². The zero-order chi connectivity index (χ0) is 22.2. The van der Waals surface area contributed by atoms with E-state index in [2.05, 4.69) is 26.6 Å². The molecule has 0 atom stereocenters. The number of carbonyl (C=O) groups excluding carboxylic acids is 1. The smallest absolute Gasteiger partial charge is 0.262 e. The topological polar surface area (TPSA) is 59.6 Å². The van der Waals surface area contributed by atoms with Crippen LogP contribution in [0.3, 0.4) is 0 Å². The third-order valence-electron chi connectivity index (χ3n) is 4.89. The van der Waals surface area contributed by atoms with Crippen LogP contribution in [0.5, 0.6) is 11.5 Å². The molecule has 0 spiro atoms. The van der Waals surface area contributed by atoms with Crippen LogP contribution in [-0.4, -0.2) is 19.1 Å². The summed E-state index contributed by atoms with van der Waals surface area (Å²) < 4.78 is 12.5. The second-order valence-electron chi connectivity index (χ2n) is 7.16. The zero-order valence-electron chi connectivity index (χ0n) is 18.0. The van der Waals surface area contributed by atoms with E-state index in [0.717, 1.165) is 32.5 Å². The Bertz CT molecular complexity index is 1040. The fourth-order valence-corrected chi connectivity index (χ4v) is 3.30. The van der Waals surface area contributed by atoms with E-state index >= 15 is 0 Å². The molecule has 0 aliphatic rings. The number of hydrogen-bond acceptors (Lipinski definition) is 4. The van der Waals surface area contributed by atoms with Gasteiger partial charge in [0.1, 0.15) is 0 Å². The molecular weight excluding hydrogens is 456 g/mol. The Labute approximate surface area is 191 Å². The van der Waals surface area contributed by atoms with Crippen molar-refractivity contribution in [1.82, 2.24) is 0 Å². The second-order valence-corrected chi connectivity index (χ2v) is 8.07. The van der Waals surface area contributed by atoms with Gasteiger partial charge in [-0.25, -0.2) is 0 Å². The van der Waals surface area contributed by atoms with Gasteiger partial charge < -0.3 is 20.1 Å². The molecule has 0 radical (unpaired) electrons. The number of halogens is 1. The van der Waals surface area contributed by atoms with Gasteiger partial charge in [0.2, 0.25) is 0 Å². The molecule has 6 heteroatoms. The molecule has 1 amide bonds. The van der Waals surface area contributed by atoms with Crippen molar-refractivity contribution < 1.29 is 14.3 Å². The number of rotatable bonds is 9. The van der Waals surface area contributed by atoms with Crippen molar-refractivity contribution in [2.24, 2.45) is 0 Å². The highest BCUT2D eigenvalue weighted by Gasteiger charge is 2.11. The van der Waals surface area contributed by atoms with Gasteiger partial charge in [-0.05, 0) is 79.9 Å². The Morgan fingerprint density at radius 3 is 2.48 bits per heavy atom. The molecule has 5 nitrogen and oxygen atoms in total. The van der Waals surface area contributed by atoms with Crippen LogP contribution in [0.15, 0.2) is 65.1 Å². The first-order chi connectivity index (χ1) is 15.0. The van der Waals surface area contributed by atoms with E-state index in [-0.39, 0.29) is 12.5 Å². The van der Waals surface area contributed by atoms with Crippen LogP contribution in [0.2, 0.25) is 0 Å². The quantitative estimate of drug-likeness (QED) is 0.387. The van der Waals surface area contributed by atoms with E-state index < -0.39 is 0 Å². The molecular formula is C25H27BrN2O3. The maximum Gasteiger partial charge on any atom is 0.262 e. The fraction of sp³-hybridized carbons (Fsp3) is 0.240. The highest BCUT2D eigenvalue weighted by atomic mass is 79.9. The van der Waals surface area contributed by atoms with Crippen molar-refractivity contribution in [1.29, 1.82) is 0 Å². The normalized spacial score (nSPS) is 10.5. The summed E-state index contributed by atoms with van der Waals surface area (Å²) in [5.74, 6) is 0.958. The van der Waals surface area contributed by atoms with E-state index in [1.807, 2.05) is 81.4 Å². The molecule has 3 aromatic carbocycles. The number of anilines is 2. The minimum absolute atomic E-state index is 0.0933. The molecule has 0 fully saturated rings. The first-order valence-corrected chi connectivity index (χ1v) is 11.0. The van der Waals surface area contributed by atoms with Crippen LogP contribution in [0, 0.1) is 13.8 Å². The molecule has 3 rings (SSSR count). The van der Waals surface area contributed by atoms with Gasteiger partial charge in [-0.2, -0.15) is 0 Å². The van der Waals surface area contributed by atoms with E-state index in [1.165, 1.54) is 0 Å². The van der Waals surface area contributed by atoms with E-state index in [1.54, 1.807) is 0 Å².